The molecule has 1 saturated heterocycles. The molecule has 6 nitrogen and oxygen atoms in total. The average molecular weight is 471 g/mol. The van der Waals surface area contributed by atoms with Crippen LogP contribution < -0.4 is 4.74 Å². The smallest absolute Gasteiger partial charge is 0.416 e. The van der Waals surface area contributed by atoms with Crippen molar-refractivity contribution >= 4 is 17.4 Å². The fraction of sp³-hybridized carbons (Fsp3) is 0.200. The molecule has 3 aromatic rings. The lowest BCUT2D eigenvalue weighted by atomic mass is 9.99. The third-order valence-corrected chi connectivity index (χ3v) is 5.52. The van der Waals surface area contributed by atoms with E-state index < -0.39 is 35.2 Å². The summed E-state index contributed by atoms with van der Waals surface area (Å²) < 4.78 is 50.4. The Kier molecular flexibility index (Phi) is 5.95. The number of hydrogen-bond acceptors (Lipinski definition) is 5. The number of carbonyl (C=O) groups is 2. The van der Waals surface area contributed by atoms with E-state index in [1.54, 1.807) is 37.3 Å². The van der Waals surface area contributed by atoms with E-state index in [-0.39, 0.29) is 29.0 Å². The van der Waals surface area contributed by atoms with Crippen LogP contribution in [0.4, 0.5) is 13.2 Å². The van der Waals surface area contributed by atoms with Crippen LogP contribution in [-0.2, 0) is 22.3 Å². The van der Waals surface area contributed by atoms with Gasteiger partial charge in [0.2, 0.25) is 0 Å². The van der Waals surface area contributed by atoms with Crippen molar-refractivity contribution in [1.29, 1.82) is 0 Å². The lowest BCUT2D eigenvalue weighted by Crippen LogP contribution is -2.29. The maximum atomic E-state index is 13.2. The van der Waals surface area contributed by atoms with Crippen molar-refractivity contribution in [2.75, 3.05) is 7.11 Å². The van der Waals surface area contributed by atoms with Crippen LogP contribution in [0.1, 0.15) is 34.3 Å². The minimum absolute atomic E-state index is 0.173. The molecule has 1 aromatic heterocycles. The van der Waals surface area contributed by atoms with Crippen LogP contribution in [0, 0.1) is 6.92 Å². The zero-order valence-electron chi connectivity index (χ0n) is 18.2. The van der Waals surface area contributed by atoms with Gasteiger partial charge in [-0.1, -0.05) is 24.3 Å². The quantitative estimate of drug-likeness (QED) is 0.313. The minimum Gasteiger partial charge on any atom is -0.507 e. The number of amides is 1. The summed E-state index contributed by atoms with van der Waals surface area (Å²) in [5.74, 6) is -1.24. The lowest BCUT2D eigenvalue weighted by Gasteiger charge is -2.24. The first-order chi connectivity index (χ1) is 16.1. The molecule has 176 valence electrons. The Bertz CT molecular complexity index is 1290. The predicted molar refractivity (Wildman–Crippen MR) is 116 cm³/mol. The van der Waals surface area contributed by atoms with Crippen molar-refractivity contribution in [3.8, 4) is 5.75 Å². The molecule has 0 aliphatic carbocycles. The number of halogens is 3. The number of rotatable bonds is 5. The van der Waals surface area contributed by atoms with Gasteiger partial charge in [0, 0.05) is 12.1 Å². The van der Waals surface area contributed by atoms with E-state index in [0.29, 0.717) is 11.5 Å². The van der Waals surface area contributed by atoms with Gasteiger partial charge in [0.05, 0.1) is 18.2 Å². The van der Waals surface area contributed by atoms with E-state index in [9.17, 15) is 27.9 Å². The molecule has 1 atom stereocenters. The number of Topliss-reactive ketones (excluding diaryl/α,β-unsaturated/α-hetero) is 1. The topological polar surface area (TPSA) is 80.0 Å². The van der Waals surface area contributed by atoms with Gasteiger partial charge in [-0.3, -0.25) is 9.59 Å². The highest BCUT2D eigenvalue weighted by Crippen LogP contribution is 2.41. The second kappa shape index (κ2) is 8.74. The van der Waals surface area contributed by atoms with E-state index in [2.05, 4.69) is 0 Å². The second-order valence-corrected chi connectivity index (χ2v) is 7.81. The monoisotopic (exact) mass is 471 g/mol. The summed E-state index contributed by atoms with van der Waals surface area (Å²) in [6, 6.07) is 12.9. The summed E-state index contributed by atoms with van der Waals surface area (Å²) >= 11 is 0. The molecule has 1 fully saturated rings. The average Bonchev–Trinajstić information content (AvgIpc) is 3.34. The van der Waals surface area contributed by atoms with Crippen molar-refractivity contribution in [2.45, 2.75) is 25.7 Å². The SMILES string of the molecule is COc1cccc(/C(O)=C2/C(=O)C(=O)N(Cc3cccc(C(F)(F)F)c3)C2c2ccc(C)o2)c1. The fourth-order valence-electron chi connectivity index (χ4n) is 3.91. The van der Waals surface area contributed by atoms with Gasteiger partial charge in [0.15, 0.2) is 0 Å². The molecule has 1 N–H and O–H groups in total. The molecule has 0 radical (unpaired) electrons. The van der Waals surface area contributed by atoms with E-state index >= 15 is 0 Å². The number of ether oxygens (including phenoxy) is 1. The molecule has 1 aliphatic rings. The van der Waals surface area contributed by atoms with Crippen LogP contribution in [0.5, 0.6) is 5.75 Å². The maximum Gasteiger partial charge on any atom is 0.416 e. The zero-order valence-corrected chi connectivity index (χ0v) is 18.2. The Balaban J connectivity index is 1.82. The number of aliphatic hydroxyl groups is 1. The molecule has 2 heterocycles. The number of methoxy groups -OCH3 is 1. The summed E-state index contributed by atoms with van der Waals surface area (Å²) in [5.41, 5.74) is -0.681. The first kappa shape index (κ1) is 23.2. The Morgan fingerprint density at radius 3 is 2.47 bits per heavy atom. The Morgan fingerprint density at radius 1 is 1.09 bits per heavy atom. The van der Waals surface area contributed by atoms with Crippen LogP contribution in [0.15, 0.2) is 70.7 Å². The summed E-state index contributed by atoms with van der Waals surface area (Å²) in [4.78, 5) is 27.1. The van der Waals surface area contributed by atoms with Gasteiger partial charge in [-0.25, -0.2) is 0 Å². The number of alkyl halides is 3. The number of furan rings is 1. The number of ketones is 1. The highest BCUT2D eigenvalue weighted by Gasteiger charge is 2.47. The highest BCUT2D eigenvalue weighted by molar-refractivity contribution is 6.46. The van der Waals surface area contributed by atoms with E-state index in [1.807, 2.05) is 0 Å². The molecular weight excluding hydrogens is 451 g/mol. The number of aryl methyl sites for hydroxylation is 1. The molecule has 4 rings (SSSR count). The molecule has 34 heavy (non-hydrogen) atoms. The van der Waals surface area contributed by atoms with Gasteiger partial charge in [0.1, 0.15) is 29.1 Å². The molecule has 9 heteroatoms. The first-order valence-corrected chi connectivity index (χ1v) is 10.3. The summed E-state index contributed by atoms with van der Waals surface area (Å²) in [6.07, 6.45) is -4.56. The van der Waals surface area contributed by atoms with Gasteiger partial charge in [0.25, 0.3) is 11.7 Å². The lowest BCUT2D eigenvalue weighted by molar-refractivity contribution is -0.140. The summed E-state index contributed by atoms with van der Waals surface area (Å²) in [7, 11) is 1.44. The third kappa shape index (κ3) is 4.28. The van der Waals surface area contributed by atoms with E-state index in [0.717, 1.165) is 17.0 Å². The Hall–Kier alpha value is -4.01. The Morgan fingerprint density at radius 2 is 1.82 bits per heavy atom. The van der Waals surface area contributed by atoms with Crippen molar-refractivity contribution in [3.05, 3.63) is 94.4 Å². The molecule has 2 aromatic carbocycles. The zero-order chi connectivity index (χ0) is 24.6. The molecule has 1 amide bonds. The number of carbonyl (C=O) groups excluding carboxylic acids is 2. The number of nitrogens with zero attached hydrogens (tertiary/aromatic N) is 1. The maximum absolute atomic E-state index is 13.2. The number of aliphatic hydroxyl groups excluding tert-OH is 1. The van der Waals surface area contributed by atoms with Crippen molar-refractivity contribution in [1.82, 2.24) is 4.90 Å². The highest BCUT2D eigenvalue weighted by atomic mass is 19.4. The molecule has 0 saturated carbocycles. The second-order valence-electron chi connectivity index (χ2n) is 7.81. The van der Waals surface area contributed by atoms with Gasteiger partial charge >= 0.3 is 6.18 Å². The number of hydrogen-bond donors (Lipinski definition) is 1. The van der Waals surface area contributed by atoms with Crippen molar-refractivity contribution in [3.63, 3.8) is 0 Å². The standard InChI is InChI=1S/C25H20F3NO5/c1-14-9-10-19(34-14)21-20(22(30)16-6-4-8-18(12-16)33-2)23(31)24(32)29(21)13-15-5-3-7-17(11-15)25(26,27)28/h3-12,21,30H,13H2,1-2H3/b22-20-. The van der Waals surface area contributed by atoms with E-state index in [4.69, 9.17) is 9.15 Å². The van der Waals surface area contributed by atoms with Crippen LogP contribution in [0.25, 0.3) is 5.76 Å². The largest absolute Gasteiger partial charge is 0.507 e. The predicted octanol–water partition coefficient (Wildman–Crippen LogP) is 5.24. The minimum atomic E-state index is -4.56. The molecule has 0 bridgehead atoms. The summed E-state index contributed by atoms with van der Waals surface area (Å²) in [5, 5.41) is 11.0. The van der Waals surface area contributed by atoms with Crippen LogP contribution >= 0.6 is 0 Å². The van der Waals surface area contributed by atoms with Crippen molar-refractivity contribution < 1.29 is 37.0 Å². The van der Waals surface area contributed by atoms with Crippen LogP contribution in [0.2, 0.25) is 0 Å². The van der Waals surface area contributed by atoms with Gasteiger partial charge < -0.3 is 19.2 Å². The van der Waals surface area contributed by atoms with Gasteiger partial charge in [-0.2, -0.15) is 13.2 Å². The van der Waals surface area contributed by atoms with Crippen LogP contribution in [0.3, 0.4) is 0 Å². The number of likely N-dealkylation sites (tertiary alicyclic amines) is 1. The van der Waals surface area contributed by atoms with Crippen LogP contribution in [-0.4, -0.2) is 28.8 Å². The number of benzene rings is 2. The normalized spacial score (nSPS) is 17.9. The van der Waals surface area contributed by atoms with E-state index in [1.165, 1.54) is 25.3 Å². The molecular formula is C25H20F3NO5. The third-order valence-electron chi connectivity index (χ3n) is 5.52. The van der Waals surface area contributed by atoms with Gasteiger partial charge in [-0.05, 0) is 48.9 Å². The first-order valence-electron chi connectivity index (χ1n) is 10.3. The fourth-order valence-corrected chi connectivity index (χ4v) is 3.91. The molecule has 0 spiro atoms. The molecule has 1 aliphatic heterocycles. The van der Waals surface area contributed by atoms with Crippen molar-refractivity contribution in [2.24, 2.45) is 0 Å². The van der Waals surface area contributed by atoms with Gasteiger partial charge in [-0.15, -0.1) is 0 Å². The molecule has 1 unspecified atom stereocenters. The Labute approximate surface area is 192 Å². The summed E-state index contributed by atoms with van der Waals surface area (Å²) in [6.45, 7) is 1.37.